The standard InChI is InChI=1S/C27H41NOS/c1-3-4-5-6-7-8-9-10-11-15-20-30-23-28(26-16-13-12-14-17-26)22-25-21-24(2)18-19-27(25)29/h12-14,16-19,21,29H,3-11,15,20,22-23H2,1-2H3. The summed E-state index contributed by atoms with van der Waals surface area (Å²) in [6, 6.07) is 16.4. The van der Waals surface area contributed by atoms with Gasteiger partial charge in [-0.2, -0.15) is 0 Å². The number of hydrogen-bond acceptors (Lipinski definition) is 3. The van der Waals surface area contributed by atoms with E-state index >= 15 is 0 Å². The van der Waals surface area contributed by atoms with Crippen LogP contribution >= 0.6 is 11.8 Å². The molecule has 166 valence electrons. The molecular weight excluding hydrogens is 386 g/mol. The van der Waals surface area contributed by atoms with Crippen LogP contribution < -0.4 is 4.90 Å². The molecule has 0 spiro atoms. The van der Waals surface area contributed by atoms with Crippen molar-refractivity contribution in [3.05, 3.63) is 59.7 Å². The summed E-state index contributed by atoms with van der Waals surface area (Å²) in [7, 11) is 0. The molecular formula is C27H41NOS. The van der Waals surface area contributed by atoms with Gasteiger partial charge in [-0.3, -0.25) is 0 Å². The molecule has 2 rings (SSSR count). The summed E-state index contributed by atoms with van der Waals surface area (Å²) in [6.07, 6.45) is 13.9. The fourth-order valence-corrected chi connectivity index (χ4v) is 4.76. The van der Waals surface area contributed by atoms with Crippen LogP contribution in [0.5, 0.6) is 5.75 Å². The lowest BCUT2D eigenvalue weighted by Gasteiger charge is -2.25. The SMILES string of the molecule is CCCCCCCCCCCCSCN(Cc1cc(C)ccc1O)c1ccccc1. The van der Waals surface area contributed by atoms with Gasteiger partial charge >= 0.3 is 0 Å². The summed E-state index contributed by atoms with van der Waals surface area (Å²) in [4.78, 5) is 2.37. The smallest absolute Gasteiger partial charge is 0.120 e. The van der Waals surface area contributed by atoms with Crippen molar-refractivity contribution >= 4 is 17.4 Å². The van der Waals surface area contributed by atoms with Crippen LogP contribution in [0.15, 0.2) is 48.5 Å². The van der Waals surface area contributed by atoms with Gasteiger partial charge in [0.15, 0.2) is 0 Å². The molecule has 30 heavy (non-hydrogen) atoms. The van der Waals surface area contributed by atoms with Crippen molar-refractivity contribution in [3.63, 3.8) is 0 Å². The third kappa shape index (κ3) is 9.93. The first-order valence-corrected chi connectivity index (χ1v) is 13.0. The van der Waals surface area contributed by atoms with E-state index in [1.54, 1.807) is 0 Å². The molecule has 2 aromatic carbocycles. The summed E-state index contributed by atoms with van der Waals surface area (Å²) in [6.45, 7) is 5.10. The van der Waals surface area contributed by atoms with Crippen molar-refractivity contribution in [2.75, 3.05) is 16.5 Å². The number of nitrogens with zero attached hydrogens (tertiary/aromatic N) is 1. The van der Waals surface area contributed by atoms with Crippen LogP contribution in [0.3, 0.4) is 0 Å². The Morgan fingerprint density at radius 1 is 0.800 bits per heavy atom. The minimum absolute atomic E-state index is 0.390. The number of rotatable bonds is 16. The minimum Gasteiger partial charge on any atom is -0.508 e. The van der Waals surface area contributed by atoms with Crippen LogP contribution in [0.25, 0.3) is 0 Å². The molecule has 0 heterocycles. The van der Waals surface area contributed by atoms with E-state index in [1.165, 1.54) is 81.2 Å². The van der Waals surface area contributed by atoms with E-state index in [1.807, 2.05) is 23.9 Å². The van der Waals surface area contributed by atoms with Gasteiger partial charge in [0.2, 0.25) is 0 Å². The average Bonchev–Trinajstić information content (AvgIpc) is 2.76. The second kappa shape index (κ2) is 15.2. The maximum atomic E-state index is 10.3. The molecule has 0 atom stereocenters. The Balaban J connectivity index is 1.68. The predicted octanol–water partition coefficient (Wildman–Crippen LogP) is 8.32. The van der Waals surface area contributed by atoms with Gasteiger partial charge in [-0.05, 0) is 37.3 Å². The van der Waals surface area contributed by atoms with Gasteiger partial charge in [-0.15, -0.1) is 11.8 Å². The Bertz CT molecular complexity index is 689. The second-order valence-electron chi connectivity index (χ2n) is 8.38. The number of thioether (sulfide) groups is 1. The third-order valence-corrected chi connectivity index (χ3v) is 6.68. The number of para-hydroxylation sites is 1. The average molecular weight is 428 g/mol. The van der Waals surface area contributed by atoms with Crippen LogP contribution in [0, 0.1) is 6.92 Å². The molecule has 0 amide bonds. The number of unbranched alkanes of at least 4 members (excludes halogenated alkanes) is 9. The zero-order chi connectivity index (χ0) is 21.4. The highest BCUT2D eigenvalue weighted by molar-refractivity contribution is 7.99. The molecule has 0 saturated carbocycles. The predicted molar refractivity (Wildman–Crippen MR) is 135 cm³/mol. The zero-order valence-electron chi connectivity index (χ0n) is 19.1. The highest BCUT2D eigenvalue weighted by Gasteiger charge is 2.10. The normalized spacial score (nSPS) is 11.0. The minimum atomic E-state index is 0.390. The number of hydrogen-bond donors (Lipinski definition) is 1. The third-order valence-electron chi connectivity index (χ3n) is 5.61. The summed E-state index contributed by atoms with van der Waals surface area (Å²) in [5.74, 6) is 2.55. The number of phenols is 1. The maximum Gasteiger partial charge on any atom is 0.120 e. The van der Waals surface area contributed by atoms with E-state index in [4.69, 9.17) is 0 Å². The first-order valence-electron chi connectivity index (χ1n) is 11.9. The zero-order valence-corrected chi connectivity index (χ0v) is 19.9. The summed E-state index contributed by atoms with van der Waals surface area (Å²) >= 11 is 2.01. The Labute approximate surface area is 189 Å². The van der Waals surface area contributed by atoms with Gasteiger partial charge in [0.25, 0.3) is 0 Å². The Morgan fingerprint density at radius 2 is 1.43 bits per heavy atom. The van der Waals surface area contributed by atoms with Crippen molar-refractivity contribution in [2.45, 2.75) is 84.6 Å². The Kier molecular flexibility index (Phi) is 12.5. The first kappa shape index (κ1) is 24.7. The quantitative estimate of drug-likeness (QED) is 0.215. The van der Waals surface area contributed by atoms with Gasteiger partial charge in [0.1, 0.15) is 5.75 Å². The summed E-state index contributed by atoms with van der Waals surface area (Å²) < 4.78 is 0. The summed E-state index contributed by atoms with van der Waals surface area (Å²) in [5.41, 5.74) is 3.40. The van der Waals surface area contributed by atoms with Gasteiger partial charge < -0.3 is 10.0 Å². The molecule has 3 heteroatoms. The number of aryl methyl sites for hydroxylation is 1. The van der Waals surface area contributed by atoms with Gasteiger partial charge in [-0.25, -0.2) is 0 Å². The molecule has 0 radical (unpaired) electrons. The van der Waals surface area contributed by atoms with Crippen molar-refractivity contribution < 1.29 is 5.11 Å². The first-order chi connectivity index (χ1) is 14.7. The monoisotopic (exact) mass is 427 g/mol. The highest BCUT2D eigenvalue weighted by Crippen LogP contribution is 2.25. The van der Waals surface area contributed by atoms with E-state index in [9.17, 15) is 5.11 Å². The molecule has 0 aliphatic rings. The topological polar surface area (TPSA) is 23.5 Å². The van der Waals surface area contributed by atoms with E-state index in [-0.39, 0.29) is 0 Å². The fraction of sp³-hybridized carbons (Fsp3) is 0.556. The molecule has 0 aliphatic carbocycles. The van der Waals surface area contributed by atoms with Crippen LogP contribution in [-0.4, -0.2) is 16.7 Å². The lowest BCUT2D eigenvalue weighted by atomic mass is 10.1. The molecule has 0 bridgehead atoms. The largest absolute Gasteiger partial charge is 0.508 e. The highest BCUT2D eigenvalue weighted by atomic mass is 32.2. The van der Waals surface area contributed by atoms with E-state index < -0.39 is 0 Å². The van der Waals surface area contributed by atoms with Crippen molar-refractivity contribution in [1.82, 2.24) is 0 Å². The molecule has 1 N–H and O–H groups in total. The van der Waals surface area contributed by atoms with Crippen molar-refractivity contribution in [2.24, 2.45) is 0 Å². The molecule has 0 saturated heterocycles. The van der Waals surface area contributed by atoms with E-state index in [2.05, 4.69) is 55.1 Å². The fourth-order valence-electron chi connectivity index (χ4n) is 3.76. The van der Waals surface area contributed by atoms with Gasteiger partial charge in [0, 0.05) is 17.8 Å². The van der Waals surface area contributed by atoms with Crippen LogP contribution in [0.4, 0.5) is 5.69 Å². The molecule has 0 aliphatic heterocycles. The lowest BCUT2D eigenvalue weighted by Crippen LogP contribution is -2.22. The Hall–Kier alpha value is -1.61. The summed E-state index contributed by atoms with van der Waals surface area (Å²) in [5, 5.41) is 10.3. The molecule has 0 unspecified atom stereocenters. The van der Waals surface area contributed by atoms with Gasteiger partial charge in [-0.1, -0.05) is 101 Å². The molecule has 2 nitrogen and oxygen atoms in total. The number of aromatic hydroxyl groups is 1. The van der Waals surface area contributed by atoms with Crippen molar-refractivity contribution in [1.29, 1.82) is 0 Å². The van der Waals surface area contributed by atoms with Crippen LogP contribution in [-0.2, 0) is 6.54 Å². The molecule has 0 aromatic heterocycles. The Morgan fingerprint density at radius 3 is 2.10 bits per heavy atom. The van der Waals surface area contributed by atoms with Gasteiger partial charge in [0.05, 0.1) is 5.88 Å². The van der Waals surface area contributed by atoms with E-state index in [0.29, 0.717) is 5.75 Å². The number of anilines is 1. The molecule has 0 fully saturated rings. The second-order valence-corrected chi connectivity index (χ2v) is 9.46. The van der Waals surface area contributed by atoms with E-state index in [0.717, 1.165) is 18.0 Å². The number of phenolic OH excluding ortho intramolecular Hbond substituents is 1. The van der Waals surface area contributed by atoms with Crippen molar-refractivity contribution in [3.8, 4) is 5.75 Å². The van der Waals surface area contributed by atoms with Crippen LogP contribution in [0.1, 0.15) is 82.3 Å². The van der Waals surface area contributed by atoms with Crippen LogP contribution in [0.2, 0.25) is 0 Å². The molecule has 2 aromatic rings. The maximum absolute atomic E-state index is 10.3. The lowest BCUT2D eigenvalue weighted by molar-refractivity contribution is 0.467. The number of benzene rings is 2.